The fourth-order valence-electron chi connectivity index (χ4n) is 4.53. The Labute approximate surface area is 131 Å². The first kappa shape index (κ1) is 14.1. The van der Waals surface area contributed by atoms with Crippen LogP contribution in [0.15, 0.2) is 12.1 Å². The number of fused-ring (bicyclic) bond motifs is 4. The molecular weight excluding hydrogens is 276 g/mol. The Kier molecular flexibility index (Phi) is 3.37. The molecule has 4 nitrogen and oxygen atoms in total. The second-order valence-corrected chi connectivity index (χ2v) is 6.86. The van der Waals surface area contributed by atoms with Gasteiger partial charge in [-0.3, -0.25) is 4.79 Å². The summed E-state index contributed by atoms with van der Waals surface area (Å²) in [7, 11) is 1.73. The number of aryl methyl sites for hydroxylation is 1. The van der Waals surface area contributed by atoms with Gasteiger partial charge in [0.25, 0.3) is 0 Å². The van der Waals surface area contributed by atoms with Crippen LogP contribution in [0.1, 0.15) is 42.0 Å². The smallest absolute Gasteiger partial charge is 0.227 e. The zero-order valence-electron chi connectivity index (χ0n) is 13.4. The van der Waals surface area contributed by atoms with E-state index in [0.717, 1.165) is 50.1 Å². The van der Waals surface area contributed by atoms with Crippen molar-refractivity contribution in [2.45, 2.75) is 44.7 Å². The van der Waals surface area contributed by atoms with Gasteiger partial charge in [0.2, 0.25) is 5.91 Å². The molecule has 0 bridgehead atoms. The van der Waals surface area contributed by atoms with E-state index < -0.39 is 0 Å². The first-order chi connectivity index (χ1) is 10.7. The molecule has 0 radical (unpaired) electrons. The van der Waals surface area contributed by atoms with Gasteiger partial charge in [-0.2, -0.15) is 0 Å². The van der Waals surface area contributed by atoms with Crippen LogP contribution in [0.5, 0.6) is 5.75 Å². The predicted molar refractivity (Wildman–Crippen MR) is 85.0 cm³/mol. The van der Waals surface area contributed by atoms with Gasteiger partial charge in [-0.15, -0.1) is 0 Å². The molecule has 118 valence electrons. The summed E-state index contributed by atoms with van der Waals surface area (Å²) in [5.41, 5.74) is 3.85. The Hall–Kier alpha value is -1.55. The van der Waals surface area contributed by atoms with E-state index >= 15 is 0 Å². The number of benzene rings is 1. The van der Waals surface area contributed by atoms with E-state index in [1.807, 2.05) is 0 Å². The molecule has 2 saturated heterocycles. The van der Waals surface area contributed by atoms with E-state index in [0.29, 0.717) is 11.9 Å². The van der Waals surface area contributed by atoms with E-state index in [2.05, 4.69) is 29.3 Å². The molecule has 22 heavy (non-hydrogen) atoms. The van der Waals surface area contributed by atoms with E-state index in [-0.39, 0.29) is 12.0 Å². The van der Waals surface area contributed by atoms with Gasteiger partial charge in [-0.05, 0) is 61.9 Å². The van der Waals surface area contributed by atoms with Crippen LogP contribution in [0.25, 0.3) is 0 Å². The number of nitrogens with one attached hydrogen (secondary N) is 1. The average Bonchev–Trinajstić information content (AvgIpc) is 2.54. The number of piperidine rings is 2. The highest BCUT2D eigenvalue weighted by Gasteiger charge is 2.44. The lowest BCUT2D eigenvalue weighted by Gasteiger charge is -2.48. The number of hydrogen-bond donors (Lipinski definition) is 1. The number of nitrogens with zero attached hydrogens (tertiary/aromatic N) is 1. The van der Waals surface area contributed by atoms with Crippen LogP contribution >= 0.6 is 0 Å². The van der Waals surface area contributed by atoms with Crippen LogP contribution in [0.3, 0.4) is 0 Å². The van der Waals surface area contributed by atoms with Gasteiger partial charge in [0.15, 0.2) is 0 Å². The Morgan fingerprint density at radius 2 is 2.23 bits per heavy atom. The Morgan fingerprint density at radius 3 is 3.05 bits per heavy atom. The van der Waals surface area contributed by atoms with Gasteiger partial charge in [0, 0.05) is 12.6 Å². The molecule has 0 spiro atoms. The third-order valence-electron chi connectivity index (χ3n) is 5.68. The van der Waals surface area contributed by atoms with Crippen molar-refractivity contribution in [3.05, 3.63) is 28.8 Å². The van der Waals surface area contributed by atoms with Crippen molar-refractivity contribution in [3.63, 3.8) is 0 Å². The maximum absolute atomic E-state index is 12.9. The third kappa shape index (κ3) is 2.04. The molecule has 0 saturated carbocycles. The summed E-state index contributed by atoms with van der Waals surface area (Å²) in [4.78, 5) is 15.0. The predicted octanol–water partition coefficient (Wildman–Crippen LogP) is 2.20. The number of carbonyl (C=O) groups is 1. The molecule has 1 amide bonds. The maximum Gasteiger partial charge on any atom is 0.227 e. The molecule has 3 unspecified atom stereocenters. The van der Waals surface area contributed by atoms with Gasteiger partial charge >= 0.3 is 0 Å². The summed E-state index contributed by atoms with van der Waals surface area (Å²) in [6.45, 7) is 3.99. The summed E-state index contributed by atoms with van der Waals surface area (Å²) in [5, 5.41) is 3.58. The fraction of sp³-hybridized carbons (Fsp3) is 0.611. The van der Waals surface area contributed by atoms with Crippen molar-refractivity contribution in [2.75, 3.05) is 20.2 Å². The van der Waals surface area contributed by atoms with Crippen LogP contribution < -0.4 is 10.1 Å². The van der Waals surface area contributed by atoms with Gasteiger partial charge < -0.3 is 15.0 Å². The van der Waals surface area contributed by atoms with E-state index in [9.17, 15) is 4.79 Å². The maximum atomic E-state index is 12.9. The quantitative estimate of drug-likeness (QED) is 0.864. The number of carbonyl (C=O) groups excluding carboxylic acids is 1. The van der Waals surface area contributed by atoms with E-state index in [1.165, 1.54) is 11.1 Å². The largest absolute Gasteiger partial charge is 0.496 e. The molecule has 3 heterocycles. The van der Waals surface area contributed by atoms with Crippen LogP contribution in [0, 0.1) is 12.8 Å². The van der Waals surface area contributed by atoms with Crippen LogP contribution in [0.2, 0.25) is 0 Å². The minimum Gasteiger partial charge on any atom is -0.496 e. The topological polar surface area (TPSA) is 41.6 Å². The number of hydrogen-bond acceptors (Lipinski definition) is 3. The van der Waals surface area contributed by atoms with E-state index in [4.69, 9.17) is 4.74 Å². The standard InChI is InChI=1S/C18H24N2O2/c1-11-8-14-12(9-17(11)22-2)5-7-20-16(14)10-15-13(18(20)21)4-3-6-19-15/h8-9,13,15-16,19H,3-7,10H2,1-2H3. The van der Waals surface area contributed by atoms with Crippen molar-refractivity contribution in [1.29, 1.82) is 0 Å². The molecule has 3 aliphatic rings. The highest BCUT2D eigenvalue weighted by molar-refractivity contribution is 5.81. The molecule has 2 fully saturated rings. The van der Waals surface area contributed by atoms with Crippen molar-refractivity contribution in [1.82, 2.24) is 10.2 Å². The summed E-state index contributed by atoms with van der Waals surface area (Å²) in [6.07, 6.45) is 4.17. The molecule has 0 aliphatic carbocycles. The third-order valence-corrected chi connectivity index (χ3v) is 5.68. The van der Waals surface area contributed by atoms with Crippen molar-refractivity contribution < 1.29 is 9.53 Å². The molecule has 1 aromatic carbocycles. The van der Waals surface area contributed by atoms with Crippen LogP contribution in [-0.4, -0.2) is 37.0 Å². The van der Waals surface area contributed by atoms with Gasteiger partial charge in [-0.25, -0.2) is 0 Å². The highest BCUT2D eigenvalue weighted by Crippen LogP contribution is 2.42. The van der Waals surface area contributed by atoms with Crippen LogP contribution in [-0.2, 0) is 11.2 Å². The molecule has 3 atom stereocenters. The first-order valence-corrected chi connectivity index (χ1v) is 8.40. The Bertz CT molecular complexity index is 613. The zero-order chi connectivity index (χ0) is 15.3. The summed E-state index contributed by atoms with van der Waals surface area (Å²) >= 11 is 0. The molecule has 4 heteroatoms. The Morgan fingerprint density at radius 1 is 1.36 bits per heavy atom. The minimum atomic E-state index is 0.200. The monoisotopic (exact) mass is 300 g/mol. The van der Waals surface area contributed by atoms with Crippen molar-refractivity contribution in [2.24, 2.45) is 5.92 Å². The molecule has 1 aromatic rings. The molecule has 1 N–H and O–H groups in total. The molecule has 0 aromatic heterocycles. The number of ether oxygens (including phenoxy) is 1. The highest BCUT2D eigenvalue weighted by atomic mass is 16.5. The number of amides is 1. The lowest BCUT2D eigenvalue weighted by molar-refractivity contribution is -0.145. The van der Waals surface area contributed by atoms with Crippen LogP contribution in [0.4, 0.5) is 0 Å². The lowest BCUT2D eigenvalue weighted by Crippen LogP contribution is -2.57. The first-order valence-electron chi connectivity index (χ1n) is 8.40. The second kappa shape index (κ2) is 5.27. The summed E-state index contributed by atoms with van der Waals surface area (Å²) in [6, 6.07) is 5.01. The molecular formula is C18H24N2O2. The average molecular weight is 300 g/mol. The van der Waals surface area contributed by atoms with Gasteiger partial charge in [0.05, 0.1) is 19.1 Å². The summed E-state index contributed by atoms with van der Waals surface area (Å²) < 4.78 is 5.46. The lowest BCUT2D eigenvalue weighted by atomic mass is 9.76. The van der Waals surface area contributed by atoms with Crippen molar-refractivity contribution in [3.8, 4) is 5.75 Å². The molecule has 4 rings (SSSR count). The number of rotatable bonds is 1. The van der Waals surface area contributed by atoms with Gasteiger partial charge in [0.1, 0.15) is 5.75 Å². The Balaban J connectivity index is 1.72. The molecule has 3 aliphatic heterocycles. The summed E-state index contributed by atoms with van der Waals surface area (Å²) in [5.74, 6) is 1.53. The number of methoxy groups -OCH3 is 1. The normalized spacial score (nSPS) is 30.4. The van der Waals surface area contributed by atoms with Crippen molar-refractivity contribution >= 4 is 5.91 Å². The SMILES string of the molecule is COc1cc2c(cc1C)C1CC3NCCCC3C(=O)N1CC2. The zero-order valence-corrected chi connectivity index (χ0v) is 13.4. The second-order valence-electron chi connectivity index (χ2n) is 6.86. The van der Waals surface area contributed by atoms with Gasteiger partial charge in [-0.1, -0.05) is 6.07 Å². The minimum absolute atomic E-state index is 0.200. The van der Waals surface area contributed by atoms with E-state index in [1.54, 1.807) is 7.11 Å². The fourth-order valence-corrected chi connectivity index (χ4v) is 4.53.